The fourth-order valence-electron chi connectivity index (χ4n) is 1.75. The summed E-state index contributed by atoms with van der Waals surface area (Å²) >= 11 is 0. The summed E-state index contributed by atoms with van der Waals surface area (Å²) in [6, 6.07) is 0.780. The molecule has 0 radical (unpaired) electrons. The molecular formula is C11H23NO. The van der Waals surface area contributed by atoms with Gasteiger partial charge in [0.25, 0.3) is 0 Å². The molecule has 1 N–H and O–H groups in total. The molecule has 1 heterocycles. The Morgan fingerprint density at radius 1 is 1.46 bits per heavy atom. The topological polar surface area (TPSA) is 21.3 Å². The van der Waals surface area contributed by atoms with E-state index in [2.05, 4.69) is 19.2 Å². The molecule has 2 nitrogen and oxygen atoms in total. The van der Waals surface area contributed by atoms with E-state index in [4.69, 9.17) is 4.74 Å². The van der Waals surface area contributed by atoms with E-state index >= 15 is 0 Å². The largest absolute Gasteiger partial charge is 0.381 e. The van der Waals surface area contributed by atoms with Crippen LogP contribution in [0.15, 0.2) is 0 Å². The lowest BCUT2D eigenvalue weighted by Crippen LogP contribution is -2.21. The summed E-state index contributed by atoms with van der Waals surface area (Å²) in [5.41, 5.74) is 0. The fourth-order valence-corrected chi connectivity index (χ4v) is 1.75. The molecule has 1 fully saturated rings. The summed E-state index contributed by atoms with van der Waals surface area (Å²) in [5.74, 6) is 0.671. The molecule has 2 heteroatoms. The Morgan fingerprint density at radius 3 is 2.92 bits per heavy atom. The molecule has 13 heavy (non-hydrogen) atoms. The van der Waals surface area contributed by atoms with Gasteiger partial charge in [-0.05, 0) is 38.1 Å². The first-order valence-electron chi connectivity index (χ1n) is 5.60. The summed E-state index contributed by atoms with van der Waals surface area (Å²) in [6.45, 7) is 7.46. The van der Waals surface area contributed by atoms with Gasteiger partial charge in [-0.3, -0.25) is 0 Å². The van der Waals surface area contributed by atoms with Crippen molar-refractivity contribution < 1.29 is 4.74 Å². The number of nitrogens with one attached hydrogen (secondary N) is 1. The molecule has 0 amide bonds. The maximum absolute atomic E-state index is 5.53. The Morgan fingerprint density at radius 2 is 2.31 bits per heavy atom. The molecule has 1 aliphatic rings. The average Bonchev–Trinajstić information content (AvgIpc) is 2.55. The summed E-state index contributed by atoms with van der Waals surface area (Å²) in [4.78, 5) is 0. The highest BCUT2D eigenvalue weighted by Crippen LogP contribution is 2.10. The van der Waals surface area contributed by atoms with Gasteiger partial charge in [0.1, 0.15) is 0 Å². The fraction of sp³-hybridized carbons (Fsp3) is 1.00. The molecule has 0 aromatic rings. The lowest BCUT2D eigenvalue weighted by Gasteiger charge is -2.10. The third-order valence-electron chi connectivity index (χ3n) is 2.45. The number of hydrogen-bond donors (Lipinski definition) is 1. The molecule has 0 aliphatic carbocycles. The van der Waals surface area contributed by atoms with Crippen molar-refractivity contribution in [2.24, 2.45) is 5.92 Å². The van der Waals surface area contributed by atoms with Crippen molar-refractivity contribution in [3.8, 4) is 0 Å². The first kappa shape index (κ1) is 11.0. The quantitative estimate of drug-likeness (QED) is 0.640. The predicted octanol–water partition coefficient (Wildman–Crippen LogP) is 2.19. The first-order chi connectivity index (χ1) is 6.29. The summed E-state index contributed by atoms with van der Waals surface area (Å²) in [6.07, 6.45) is 5.23. The van der Waals surface area contributed by atoms with E-state index < -0.39 is 0 Å². The Hall–Kier alpha value is -0.0800. The SMILES string of the molecule is CC(C)COCCCC1CCCN1. The van der Waals surface area contributed by atoms with Crippen molar-refractivity contribution >= 4 is 0 Å². The second-order valence-corrected chi connectivity index (χ2v) is 4.40. The third kappa shape index (κ3) is 5.27. The average molecular weight is 185 g/mol. The van der Waals surface area contributed by atoms with Gasteiger partial charge in [-0.15, -0.1) is 0 Å². The minimum Gasteiger partial charge on any atom is -0.381 e. The Kier molecular flexibility index (Phi) is 5.40. The lowest BCUT2D eigenvalue weighted by atomic mass is 10.1. The smallest absolute Gasteiger partial charge is 0.0488 e. The second kappa shape index (κ2) is 6.39. The van der Waals surface area contributed by atoms with Crippen LogP contribution < -0.4 is 5.32 Å². The van der Waals surface area contributed by atoms with E-state index in [9.17, 15) is 0 Å². The maximum Gasteiger partial charge on any atom is 0.0488 e. The Bertz CT molecular complexity index is 119. The van der Waals surface area contributed by atoms with Crippen LogP contribution in [0.25, 0.3) is 0 Å². The van der Waals surface area contributed by atoms with Gasteiger partial charge in [0.05, 0.1) is 0 Å². The normalized spacial score (nSPS) is 22.8. The molecule has 78 valence electrons. The van der Waals surface area contributed by atoms with E-state index in [-0.39, 0.29) is 0 Å². The van der Waals surface area contributed by atoms with Crippen LogP contribution in [0.5, 0.6) is 0 Å². The molecule has 0 aromatic carbocycles. The number of rotatable bonds is 6. The summed E-state index contributed by atoms with van der Waals surface area (Å²) in [5, 5.41) is 3.50. The van der Waals surface area contributed by atoms with Crippen LogP contribution in [-0.4, -0.2) is 25.8 Å². The van der Waals surface area contributed by atoms with Crippen LogP contribution in [0.3, 0.4) is 0 Å². The van der Waals surface area contributed by atoms with Crippen molar-refractivity contribution in [3.05, 3.63) is 0 Å². The van der Waals surface area contributed by atoms with Crippen LogP contribution in [0.4, 0.5) is 0 Å². The molecule has 1 aliphatic heterocycles. The third-order valence-corrected chi connectivity index (χ3v) is 2.45. The zero-order valence-corrected chi connectivity index (χ0v) is 9.01. The Labute approximate surface area is 82.0 Å². The van der Waals surface area contributed by atoms with Crippen LogP contribution in [0, 0.1) is 5.92 Å². The molecule has 1 atom stereocenters. The van der Waals surface area contributed by atoms with Gasteiger partial charge in [-0.1, -0.05) is 13.8 Å². The van der Waals surface area contributed by atoms with Crippen molar-refractivity contribution in [1.29, 1.82) is 0 Å². The molecule has 1 rings (SSSR count). The van der Waals surface area contributed by atoms with Crippen molar-refractivity contribution in [2.75, 3.05) is 19.8 Å². The van der Waals surface area contributed by atoms with Crippen LogP contribution in [-0.2, 0) is 4.74 Å². The highest BCUT2D eigenvalue weighted by molar-refractivity contribution is 4.73. The monoisotopic (exact) mass is 185 g/mol. The van der Waals surface area contributed by atoms with Crippen molar-refractivity contribution in [1.82, 2.24) is 5.32 Å². The van der Waals surface area contributed by atoms with E-state index in [1.165, 1.54) is 32.2 Å². The van der Waals surface area contributed by atoms with Gasteiger partial charge in [0, 0.05) is 19.3 Å². The van der Waals surface area contributed by atoms with Gasteiger partial charge in [-0.2, -0.15) is 0 Å². The second-order valence-electron chi connectivity index (χ2n) is 4.40. The number of ether oxygens (including phenoxy) is 1. The lowest BCUT2D eigenvalue weighted by molar-refractivity contribution is 0.105. The molecule has 0 bridgehead atoms. The minimum atomic E-state index is 0.671. The zero-order chi connectivity index (χ0) is 9.52. The molecule has 1 saturated heterocycles. The molecule has 0 aromatic heterocycles. The first-order valence-corrected chi connectivity index (χ1v) is 5.60. The molecule has 0 spiro atoms. The van der Waals surface area contributed by atoms with Gasteiger partial charge in [-0.25, -0.2) is 0 Å². The predicted molar refractivity (Wildman–Crippen MR) is 55.9 cm³/mol. The van der Waals surface area contributed by atoms with Crippen molar-refractivity contribution in [3.63, 3.8) is 0 Å². The highest BCUT2D eigenvalue weighted by Gasteiger charge is 2.12. The minimum absolute atomic E-state index is 0.671. The van der Waals surface area contributed by atoms with E-state index in [1.807, 2.05) is 0 Å². The van der Waals surface area contributed by atoms with E-state index in [0.717, 1.165) is 19.3 Å². The van der Waals surface area contributed by atoms with Crippen LogP contribution >= 0.6 is 0 Å². The van der Waals surface area contributed by atoms with Gasteiger partial charge in [0.15, 0.2) is 0 Å². The zero-order valence-electron chi connectivity index (χ0n) is 9.01. The standard InChI is InChI=1S/C11H23NO/c1-10(2)9-13-8-4-6-11-5-3-7-12-11/h10-12H,3-9H2,1-2H3. The Balaban J connectivity index is 1.83. The summed E-state index contributed by atoms with van der Waals surface area (Å²) in [7, 11) is 0. The molecule has 0 saturated carbocycles. The number of hydrogen-bond acceptors (Lipinski definition) is 2. The van der Waals surface area contributed by atoms with Crippen LogP contribution in [0.1, 0.15) is 39.5 Å². The van der Waals surface area contributed by atoms with Gasteiger partial charge < -0.3 is 10.1 Å². The maximum atomic E-state index is 5.53. The highest BCUT2D eigenvalue weighted by atomic mass is 16.5. The summed E-state index contributed by atoms with van der Waals surface area (Å²) < 4.78 is 5.53. The molecule has 1 unspecified atom stereocenters. The van der Waals surface area contributed by atoms with Crippen molar-refractivity contribution in [2.45, 2.75) is 45.6 Å². The van der Waals surface area contributed by atoms with E-state index in [0.29, 0.717) is 5.92 Å². The van der Waals surface area contributed by atoms with Gasteiger partial charge in [0.2, 0.25) is 0 Å². The molecular weight excluding hydrogens is 162 g/mol. The van der Waals surface area contributed by atoms with Crippen LogP contribution in [0.2, 0.25) is 0 Å². The van der Waals surface area contributed by atoms with E-state index in [1.54, 1.807) is 0 Å². The van der Waals surface area contributed by atoms with Gasteiger partial charge >= 0.3 is 0 Å².